The first kappa shape index (κ1) is 17.2. The van der Waals surface area contributed by atoms with Gasteiger partial charge in [-0.15, -0.1) is 0 Å². The average Bonchev–Trinajstić information content (AvgIpc) is 3.14. The number of aromatic nitrogens is 2. The van der Waals surface area contributed by atoms with Crippen molar-refractivity contribution in [3.05, 3.63) is 17.5 Å². The van der Waals surface area contributed by atoms with Gasteiger partial charge in [-0.1, -0.05) is 0 Å². The Morgan fingerprint density at radius 3 is 2.79 bits per heavy atom. The smallest absolute Gasteiger partial charge is 0.409 e. The van der Waals surface area contributed by atoms with Crippen molar-refractivity contribution in [2.45, 2.75) is 45.3 Å². The summed E-state index contributed by atoms with van der Waals surface area (Å²) in [6.07, 6.45) is 2.19. The van der Waals surface area contributed by atoms with E-state index in [2.05, 4.69) is 15.1 Å². The first-order valence-corrected chi connectivity index (χ1v) is 8.91. The molecular weight excluding hydrogens is 308 g/mol. The predicted molar refractivity (Wildman–Crippen MR) is 89.7 cm³/mol. The SMILES string of the molecule is CCOC(=O)N1CCC(N2C[C@@H](Cc3cc(C)[nH]n3)[C@H](O)C2)CC1. The summed E-state index contributed by atoms with van der Waals surface area (Å²) in [6.45, 7) is 7.34. The highest BCUT2D eigenvalue weighted by Crippen LogP contribution is 2.27. The van der Waals surface area contributed by atoms with E-state index in [0.717, 1.165) is 56.8 Å². The van der Waals surface area contributed by atoms with Crippen LogP contribution in [0.4, 0.5) is 4.79 Å². The number of hydrogen-bond acceptors (Lipinski definition) is 5. The second-order valence-corrected chi connectivity index (χ2v) is 6.94. The van der Waals surface area contributed by atoms with Crippen LogP contribution in [0.5, 0.6) is 0 Å². The molecule has 2 atom stereocenters. The van der Waals surface area contributed by atoms with Gasteiger partial charge < -0.3 is 14.7 Å². The van der Waals surface area contributed by atoms with Crippen LogP contribution in [-0.4, -0.2) is 76.1 Å². The van der Waals surface area contributed by atoms with Crippen molar-refractivity contribution in [3.63, 3.8) is 0 Å². The van der Waals surface area contributed by atoms with E-state index < -0.39 is 0 Å². The molecule has 24 heavy (non-hydrogen) atoms. The summed E-state index contributed by atoms with van der Waals surface area (Å²) in [4.78, 5) is 15.9. The molecule has 2 N–H and O–H groups in total. The van der Waals surface area contributed by atoms with Gasteiger partial charge in [0, 0.05) is 43.8 Å². The first-order chi connectivity index (χ1) is 11.6. The second kappa shape index (κ2) is 7.53. The van der Waals surface area contributed by atoms with Crippen molar-refractivity contribution in [2.75, 3.05) is 32.8 Å². The maximum absolute atomic E-state index is 11.8. The summed E-state index contributed by atoms with van der Waals surface area (Å²) in [5.74, 6) is 0.232. The minimum Gasteiger partial charge on any atom is -0.450 e. The zero-order chi connectivity index (χ0) is 17.1. The summed E-state index contributed by atoms with van der Waals surface area (Å²) >= 11 is 0. The lowest BCUT2D eigenvalue weighted by atomic mass is 10.00. The van der Waals surface area contributed by atoms with Crippen LogP contribution in [0.25, 0.3) is 0 Å². The van der Waals surface area contributed by atoms with Crippen LogP contribution in [0.1, 0.15) is 31.2 Å². The Kier molecular flexibility index (Phi) is 5.40. The molecule has 3 heterocycles. The van der Waals surface area contributed by atoms with E-state index in [9.17, 15) is 9.90 Å². The van der Waals surface area contributed by atoms with Gasteiger partial charge >= 0.3 is 6.09 Å². The summed E-state index contributed by atoms with van der Waals surface area (Å²) < 4.78 is 5.07. The average molecular weight is 336 g/mol. The molecule has 0 bridgehead atoms. The zero-order valence-corrected chi connectivity index (χ0v) is 14.6. The number of rotatable bonds is 4. The lowest BCUT2D eigenvalue weighted by Crippen LogP contribution is -2.46. The fourth-order valence-electron chi connectivity index (χ4n) is 3.86. The quantitative estimate of drug-likeness (QED) is 0.863. The van der Waals surface area contributed by atoms with Crippen molar-refractivity contribution in [3.8, 4) is 0 Å². The van der Waals surface area contributed by atoms with Crippen LogP contribution >= 0.6 is 0 Å². The largest absolute Gasteiger partial charge is 0.450 e. The number of nitrogens with zero attached hydrogens (tertiary/aromatic N) is 3. The highest BCUT2D eigenvalue weighted by atomic mass is 16.6. The number of amides is 1. The highest BCUT2D eigenvalue weighted by Gasteiger charge is 2.37. The molecule has 2 aliphatic heterocycles. The Labute approximate surface area is 143 Å². The molecule has 2 aliphatic rings. The summed E-state index contributed by atoms with van der Waals surface area (Å²) in [6, 6.07) is 2.49. The van der Waals surface area contributed by atoms with Crippen molar-refractivity contribution in [1.29, 1.82) is 0 Å². The monoisotopic (exact) mass is 336 g/mol. The Balaban J connectivity index is 1.49. The van der Waals surface area contributed by atoms with Gasteiger partial charge in [0.2, 0.25) is 0 Å². The van der Waals surface area contributed by atoms with Crippen molar-refractivity contribution in [1.82, 2.24) is 20.0 Å². The molecule has 1 aromatic heterocycles. The van der Waals surface area contributed by atoms with E-state index in [4.69, 9.17) is 4.74 Å². The van der Waals surface area contributed by atoms with Gasteiger partial charge in [0.15, 0.2) is 0 Å². The molecule has 134 valence electrons. The molecule has 1 amide bonds. The molecule has 7 nitrogen and oxygen atoms in total. The minimum atomic E-state index is -0.301. The van der Waals surface area contributed by atoms with E-state index >= 15 is 0 Å². The molecule has 0 aliphatic carbocycles. The lowest BCUT2D eigenvalue weighted by molar-refractivity contribution is 0.0762. The van der Waals surface area contributed by atoms with Crippen LogP contribution in [0.3, 0.4) is 0 Å². The van der Waals surface area contributed by atoms with Gasteiger partial charge in [0.1, 0.15) is 0 Å². The third kappa shape index (κ3) is 3.89. The van der Waals surface area contributed by atoms with Gasteiger partial charge in [0.05, 0.1) is 18.4 Å². The Morgan fingerprint density at radius 1 is 1.42 bits per heavy atom. The number of H-pyrrole nitrogens is 1. The summed E-state index contributed by atoms with van der Waals surface area (Å²) in [7, 11) is 0. The molecule has 7 heteroatoms. The van der Waals surface area contributed by atoms with Crippen LogP contribution in [0, 0.1) is 12.8 Å². The topological polar surface area (TPSA) is 81.7 Å². The van der Waals surface area contributed by atoms with Crippen molar-refractivity contribution in [2.24, 2.45) is 5.92 Å². The van der Waals surface area contributed by atoms with E-state index in [1.165, 1.54) is 0 Å². The normalized spacial score (nSPS) is 26.0. The van der Waals surface area contributed by atoms with Crippen LogP contribution in [0.2, 0.25) is 0 Å². The number of aliphatic hydroxyl groups is 1. The van der Waals surface area contributed by atoms with Crippen LogP contribution in [-0.2, 0) is 11.2 Å². The molecule has 0 unspecified atom stereocenters. The third-order valence-corrected chi connectivity index (χ3v) is 5.17. The van der Waals surface area contributed by atoms with Gasteiger partial charge in [-0.2, -0.15) is 5.10 Å². The number of likely N-dealkylation sites (tertiary alicyclic amines) is 2. The number of ether oxygens (including phenoxy) is 1. The van der Waals surface area contributed by atoms with Crippen LogP contribution < -0.4 is 0 Å². The highest BCUT2D eigenvalue weighted by molar-refractivity contribution is 5.67. The number of piperidine rings is 1. The maximum atomic E-state index is 11.8. The molecule has 1 aromatic rings. The van der Waals surface area contributed by atoms with Gasteiger partial charge in [-0.25, -0.2) is 4.79 Å². The van der Waals surface area contributed by atoms with Gasteiger partial charge in [-0.05, 0) is 39.2 Å². The van der Waals surface area contributed by atoms with Gasteiger partial charge in [-0.3, -0.25) is 10.00 Å². The number of aryl methyl sites for hydroxylation is 1. The lowest BCUT2D eigenvalue weighted by Gasteiger charge is -2.36. The van der Waals surface area contributed by atoms with E-state index in [0.29, 0.717) is 12.6 Å². The molecular formula is C17H28N4O3. The Bertz CT molecular complexity index is 554. The maximum Gasteiger partial charge on any atom is 0.409 e. The van der Waals surface area contributed by atoms with E-state index in [-0.39, 0.29) is 18.1 Å². The zero-order valence-electron chi connectivity index (χ0n) is 14.6. The summed E-state index contributed by atoms with van der Waals surface area (Å²) in [5, 5.41) is 17.7. The fourth-order valence-corrected chi connectivity index (χ4v) is 3.86. The molecule has 0 saturated carbocycles. The minimum absolute atomic E-state index is 0.204. The van der Waals surface area contributed by atoms with Crippen molar-refractivity contribution < 1.29 is 14.6 Å². The predicted octanol–water partition coefficient (Wildman–Crippen LogP) is 1.17. The molecule has 0 radical (unpaired) electrons. The summed E-state index contributed by atoms with van der Waals surface area (Å²) in [5.41, 5.74) is 2.08. The van der Waals surface area contributed by atoms with Crippen LogP contribution in [0.15, 0.2) is 6.07 Å². The number of nitrogens with one attached hydrogen (secondary N) is 1. The Morgan fingerprint density at radius 2 is 2.17 bits per heavy atom. The van der Waals surface area contributed by atoms with E-state index in [1.807, 2.05) is 19.9 Å². The molecule has 0 aromatic carbocycles. The number of β-amino-alcohol motifs (C(OH)–C–C–N with tert-alkyl or cyclic N) is 1. The standard InChI is InChI=1S/C17H28N4O3/c1-3-24-17(23)20-6-4-15(5-7-20)21-10-13(16(22)11-21)9-14-8-12(2)18-19-14/h8,13,15-16,22H,3-7,9-11H2,1-2H3,(H,18,19)/t13-,16-/m1/s1. The first-order valence-electron chi connectivity index (χ1n) is 8.91. The third-order valence-electron chi connectivity index (χ3n) is 5.17. The van der Waals surface area contributed by atoms with Gasteiger partial charge in [0.25, 0.3) is 0 Å². The number of carbonyl (C=O) groups excluding carboxylic acids is 1. The van der Waals surface area contributed by atoms with E-state index in [1.54, 1.807) is 4.90 Å². The number of hydrogen-bond donors (Lipinski definition) is 2. The number of aliphatic hydroxyl groups excluding tert-OH is 1. The molecule has 0 spiro atoms. The molecule has 2 fully saturated rings. The second-order valence-electron chi connectivity index (χ2n) is 6.94. The molecule has 3 rings (SSSR count). The number of carbonyl (C=O) groups is 1. The fraction of sp³-hybridized carbons (Fsp3) is 0.765. The Hall–Kier alpha value is -1.60. The molecule has 2 saturated heterocycles. The van der Waals surface area contributed by atoms with Crippen molar-refractivity contribution >= 4 is 6.09 Å². The number of aromatic amines is 1.